The minimum absolute atomic E-state index is 0. The van der Waals surface area contributed by atoms with Crippen molar-refractivity contribution in [3.05, 3.63) is 0 Å². The smallest absolute Gasteiger partial charge is 0.311 e. The molecule has 0 saturated carbocycles. The molecule has 1 radical (unpaired) electrons. The number of aliphatic hydroxyl groups is 4. The van der Waals surface area contributed by atoms with Crippen molar-refractivity contribution in [2.45, 2.75) is 179 Å². The van der Waals surface area contributed by atoms with Gasteiger partial charge in [0, 0.05) is 95.0 Å². The van der Waals surface area contributed by atoms with Gasteiger partial charge in [-0.15, -0.1) is 0 Å². The predicted molar refractivity (Wildman–Crippen MR) is 199 cm³/mol. The van der Waals surface area contributed by atoms with Gasteiger partial charge in [-0.25, -0.2) is 0 Å². The number of nitrogens with zero attached hydrogens (tertiary/aromatic N) is 1. The number of hydrogen-bond acceptors (Lipinski definition) is 15. The molecule has 3 aliphatic rings. The number of methoxy groups -OCH3 is 2. The number of rotatable bonds is 9. The fourth-order valence-corrected chi connectivity index (χ4v) is 9.03. The molecule has 3 rings (SSSR count). The van der Waals surface area contributed by atoms with Gasteiger partial charge < -0.3 is 64.2 Å². The van der Waals surface area contributed by atoms with Crippen molar-refractivity contribution in [3.63, 3.8) is 0 Å². The van der Waals surface area contributed by atoms with Crippen LogP contribution < -0.4 is 5.73 Å². The average Bonchev–Trinajstić information content (AvgIpc) is 3.12. The summed E-state index contributed by atoms with van der Waals surface area (Å²) in [6.45, 7) is 16.8. The third kappa shape index (κ3) is 10.5. The van der Waals surface area contributed by atoms with Crippen molar-refractivity contribution >= 4 is 11.8 Å². The Hall–Kier alpha value is 0.102. The van der Waals surface area contributed by atoms with Crippen molar-refractivity contribution < 1.29 is 107 Å². The number of aliphatic hydroxyl groups excluding tert-OH is 2. The monoisotopic (exact) mass is 1000 g/mol. The molecule has 3 aliphatic heterocycles. The summed E-state index contributed by atoms with van der Waals surface area (Å²) in [7, 11) is 6.72. The van der Waals surface area contributed by atoms with Gasteiger partial charge in [-0.05, 0) is 74.9 Å². The maximum atomic E-state index is 14.3. The normalized spacial score (nSPS) is 48.1. The van der Waals surface area contributed by atoms with Crippen molar-refractivity contribution in [3.8, 4) is 0 Å². The molecule has 0 spiro atoms. The zero-order valence-electron chi connectivity index (χ0n) is 35.7. The Bertz CT molecular complexity index is 1260. The van der Waals surface area contributed by atoms with Crippen molar-refractivity contribution in [1.29, 1.82) is 0 Å². The molecule has 6 N–H and O–H groups in total. The zero-order valence-corrected chi connectivity index (χ0v) is 40.4. The Balaban J connectivity index is 0.0000105. The van der Waals surface area contributed by atoms with Crippen LogP contribution in [-0.4, -0.2) is 156 Å². The van der Waals surface area contributed by atoms with Gasteiger partial charge in [0.2, 0.25) is 0 Å². The van der Waals surface area contributed by atoms with E-state index in [4.69, 9.17) is 38.9 Å². The van der Waals surface area contributed by atoms with Gasteiger partial charge in [-0.2, -0.15) is 0 Å². The second-order valence-corrected chi connectivity index (χ2v) is 17.2. The van der Waals surface area contributed by atoms with Gasteiger partial charge in [0.05, 0.1) is 42.0 Å². The third-order valence-corrected chi connectivity index (χ3v) is 13.1. The summed E-state index contributed by atoms with van der Waals surface area (Å²) in [4.78, 5) is 30.2. The Kier molecular flexibility index (Phi) is 18.7. The molecule has 3 heterocycles. The van der Waals surface area contributed by atoms with Gasteiger partial charge in [0.25, 0.3) is 0 Å². The number of likely N-dealkylation sites (N-methyl/N-ethyl adjacent to an activating group) is 1. The molecular weight excluding hydrogens is 931 g/mol. The molecule has 0 aromatic rings. The van der Waals surface area contributed by atoms with Crippen LogP contribution >= 0.6 is 0 Å². The molecule has 319 valence electrons. The number of esters is 1. The summed E-state index contributed by atoms with van der Waals surface area (Å²) < 4.78 is 44.2. The van der Waals surface area contributed by atoms with Crippen LogP contribution in [-0.2, 0) is 42.7 Å². The van der Waals surface area contributed by atoms with E-state index in [1.807, 2.05) is 32.8 Å². The molecule has 17 unspecified atom stereocenters. The standard InChI is InChI=1S/C39H72N2O13.Ac/c1-15-27-38(10,46)32(44)22(4)29(42)20(2)17-36(8,48-13)33(54-35-30(43)26(41(11)12)16-21(3)50-35)23(5)31(24(6)34(45)52-27)53-28-18-37(9,49-14)39(47,19-40)25(7)51-28;/h20-28,30-33,35,43-44,46-47H,15-19,40H2,1-14H3;/t20?,21?,22?,23?,24?,25?,26?,27-,28?,30?,31?,32?,33?,35?,36?,37?,38?,39?;/m1./s1. The first-order valence-electron chi connectivity index (χ1n) is 19.5. The topological polar surface area (TPSA) is 209 Å². The van der Waals surface area contributed by atoms with E-state index < -0.39 is 101 Å². The van der Waals surface area contributed by atoms with Crippen LogP contribution in [0.3, 0.4) is 0 Å². The Labute approximate surface area is 364 Å². The number of cyclic esters (lactones) is 1. The minimum atomic E-state index is -1.98. The van der Waals surface area contributed by atoms with E-state index in [1.54, 1.807) is 48.5 Å². The number of ether oxygens (including phenoxy) is 7. The third-order valence-electron chi connectivity index (χ3n) is 13.1. The molecule has 0 bridgehead atoms. The van der Waals surface area contributed by atoms with E-state index in [2.05, 4.69) is 0 Å². The maximum Gasteiger partial charge on any atom is 0.311 e. The summed E-state index contributed by atoms with van der Waals surface area (Å²) >= 11 is 0. The molecule has 55 heavy (non-hydrogen) atoms. The van der Waals surface area contributed by atoms with Gasteiger partial charge in [0.1, 0.15) is 34.8 Å². The first kappa shape index (κ1) is 51.2. The van der Waals surface area contributed by atoms with Gasteiger partial charge in [-0.3, -0.25) is 9.59 Å². The number of nitrogens with two attached hydrogens (primary N) is 1. The van der Waals surface area contributed by atoms with Crippen molar-refractivity contribution in [2.75, 3.05) is 34.9 Å². The fourth-order valence-electron chi connectivity index (χ4n) is 9.03. The molecule has 18 atom stereocenters. The van der Waals surface area contributed by atoms with Crippen LogP contribution in [0.15, 0.2) is 0 Å². The molecule has 3 saturated heterocycles. The van der Waals surface area contributed by atoms with E-state index in [1.165, 1.54) is 21.1 Å². The first-order chi connectivity index (χ1) is 24.9. The van der Waals surface area contributed by atoms with Crippen LogP contribution in [0.1, 0.15) is 94.9 Å². The van der Waals surface area contributed by atoms with Gasteiger partial charge >= 0.3 is 5.97 Å². The average molecular weight is 1000 g/mol. The Morgan fingerprint density at radius 3 is 2.02 bits per heavy atom. The molecule has 0 aromatic carbocycles. The van der Waals surface area contributed by atoms with Crippen LogP contribution in [0.25, 0.3) is 0 Å². The molecule has 16 heteroatoms. The molecule has 0 aromatic heterocycles. The van der Waals surface area contributed by atoms with Crippen LogP contribution in [0, 0.1) is 67.7 Å². The van der Waals surface area contributed by atoms with Gasteiger partial charge in [-0.1, -0.05) is 27.7 Å². The second-order valence-electron chi connectivity index (χ2n) is 17.2. The molecule has 15 nitrogen and oxygen atoms in total. The Morgan fingerprint density at radius 1 is 0.909 bits per heavy atom. The summed E-state index contributed by atoms with van der Waals surface area (Å²) in [5, 5.41) is 46.3. The van der Waals surface area contributed by atoms with E-state index in [0.717, 1.165) is 0 Å². The number of carbonyl (C=O) groups excluding carboxylic acids is 2. The number of ketones is 1. The van der Waals surface area contributed by atoms with Crippen LogP contribution in [0.2, 0.25) is 0 Å². The number of carbonyl (C=O) groups is 2. The molecule has 0 aliphatic carbocycles. The summed E-state index contributed by atoms with van der Waals surface area (Å²) in [6.07, 6.45) is -8.30. The van der Waals surface area contributed by atoms with Crippen molar-refractivity contribution in [1.82, 2.24) is 4.90 Å². The molecule has 3 fully saturated rings. The fraction of sp³-hybridized carbons (Fsp3) is 0.949. The van der Waals surface area contributed by atoms with E-state index in [0.29, 0.717) is 6.42 Å². The quantitative estimate of drug-likeness (QED) is 0.209. The van der Waals surface area contributed by atoms with Crippen LogP contribution in [0.5, 0.6) is 0 Å². The molecule has 0 amide bonds. The SMILES string of the molecule is CC[C@H]1OC(=O)C(C)C(OC2CC(C)(OC)C(O)(CN)C(C)O2)C(C)C(OC2OC(C)CC(N(C)C)C2O)C(C)(OC)CC(C)C(=O)C(C)C(O)C1(C)O.[Ac]. The largest absolute Gasteiger partial charge is 0.459 e. The van der Waals surface area contributed by atoms with Crippen molar-refractivity contribution in [2.24, 2.45) is 29.4 Å². The summed E-state index contributed by atoms with van der Waals surface area (Å²) in [5.74, 6) is -4.60. The van der Waals surface area contributed by atoms with E-state index in [9.17, 15) is 30.0 Å². The van der Waals surface area contributed by atoms with E-state index >= 15 is 0 Å². The summed E-state index contributed by atoms with van der Waals surface area (Å²) in [5.41, 5.74) is 0.0176. The zero-order chi connectivity index (χ0) is 41.3. The van der Waals surface area contributed by atoms with Crippen LogP contribution in [0.4, 0.5) is 0 Å². The number of Topliss-reactive ketones (excluding diaryl/α,β-unsaturated/α-hetero) is 1. The Morgan fingerprint density at radius 2 is 1.51 bits per heavy atom. The predicted octanol–water partition coefficient (Wildman–Crippen LogP) is 1.77. The number of hydrogen-bond donors (Lipinski definition) is 5. The minimum Gasteiger partial charge on any atom is -0.459 e. The van der Waals surface area contributed by atoms with Gasteiger partial charge in [0.15, 0.2) is 12.6 Å². The van der Waals surface area contributed by atoms with E-state index in [-0.39, 0.29) is 87.8 Å². The summed E-state index contributed by atoms with van der Waals surface area (Å²) in [6, 6.07) is -0.297. The second kappa shape index (κ2) is 20.1. The first-order valence-corrected chi connectivity index (χ1v) is 19.5. The molecular formula is C39H72AcN2O13. The maximum absolute atomic E-state index is 14.3.